The summed E-state index contributed by atoms with van der Waals surface area (Å²) in [5.41, 5.74) is 3.96. The Balaban J connectivity index is 1.96. The molecule has 3 heterocycles. The first-order valence-electron chi connectivity index (χ1n) is 9.57. The molecule has 144 valence electrons. The Morgan fingerprint density at radius 3 is 2.48 bits per heavy atom. The molecule has 1 aliphatic carbocycles. The highest BCUT2D eigenvalue weighted by Crippen LogP contribution is 2.35. The topological polar surface area (TPSA) is 72.7 Å². The van der Waals surface area contributed by atoms with Crippen molar-refractivity contribution in [2.24, 2.45) is 5.92 Å². The summed E-state index contributed by atoms with van der Waals surface area (Å²) in [6.45, 7) is 10.9. The molecule has 0 aromatic carbocycles. The molecule has 0 saturated heterocycles. The first-order chi connectivity index (χ1) is 12.8. The van der Waals surface area contributed by atoms with Crippen LogP contribution in [0.4, 0.5) is 0 Å². The Labute approximate surface area is 161 Å². The lowest BCUT2D eigenvalue weighted by molar-refractivity contribution is 0.493. The zero-order valence-electron chi connectivity index (χ0n) is 16.5. The van der Waals surface area contributed by atoms with E-state index in [9.17, 15) is 9.59 Å². The fourth-order valence-corrected chi connectivity index (χ4v) is 5.07. The largest absolute Gasteiger partial charge is 0.332 e. The highest BCUT2D eigenvalue weighted by molar-refractivity contribution is 7.18. The fourth-order valence-electron chi connectivity index (χ4n) is 3.75. The van der Waals surface area contributed by atoms with Crippen LogP contribution in [0.3, 0.4) is 0 Å². The summed E-state index contributed by atoms with van der Waals surface area (Å²) in [5, 5.41) is 8.05. The number of aromatic amines is 1. The molecule has 0 amide bonds. The summed E-state index contributed by atoms with van der Waals surface area (Å²) >= 11 is 1.59. The predicted molar refractivity (Wildman–Crippen MR) is 109 cm³/mol. The number of rotatable bonds is 5. The molecule has 1 aliphatic rings. The van der Waals surface area contributed by atoms with Gasteiger partial charge in [0.25, 0.3) is 5.56 Å². The second-order valence-corrected chi connectivity index (χ2v) is 9.20. The maximum absolute atomic E-state index is 13.2. The van der Waals surface area contributed by atoms with Gasteiger partial charge in [0.05, 0.1) is 11.1 Å². The average Bonchev–Trinajstić information content (AvgIpc) is 3.31. The minimum atomic E-state index is -0.146. The van der Waals surface area contributed by atoms with Crippen LogP contribution in [0.15, 0.2) is 9.59 Å². The van der Waals surface area contributed by atoms with Crippen LogP contribution in [-0.4, -0.2) is 19.3 Å². The molecular formula is C20H26N4O2S. The molecule has 7 heteroatoms. The molecule has 4 rings (SSSR count). The number of aromatic nitrogens is 4. The minimum Gasteiger partial charge on any atom is -0.284 e. The van der Waals surface area contributed by atoms with Crippen molar-refractivity contribution in [2.45, 2.75) is 66.5 Å². The molecule has 0 aliphatic heterocycles. The molecule has 0 bridgehead atoms. The van der Waals surface area contributed by atoms with E-state index in [2.05, 4.69) is 24.0 Å². The molecule has 27 heavy (non-hydrogen) atoms. The van der Waals surface area contributed by atoms with E-state index in [-0.39, 0.29) is 17.3 Å². The normalized spacial score (nSPS) is 14.6. The quantitative estimate of drug-likeness (QED) is 0.730. The lowest BCUT2D eigenvalue weighted by atomic mass is 10.1. The summed E-state index contributed by atoms with van der Waals surface area (Å²) in [7, 11) is 0. The van der Waals surface area contributed by atoms with Gasteiger partial charge in [-0.3, -0.25) is 19.0 Å². The third-order valence-corrected chi connectivity index (χ3v) is 6.73. The number of nitrogens with one attached hydrogen (secondary N) is 1. The number of nitrogens with zero attached hydrogens (tertiary/aromatic N) is 3. The van der Waals surface area contributed by atoms with Crippen molar-refractivity contribution in [3.05, 3.63) is 48.2 Å². The van der Waals surface area contributed by atoms with E-state index in [0.717, 1.165) is 51.3 Å². The Bertz CT molecular complexity index is 1120. The van der Waals surface area contributed by atoms with Crippen molar-refractivity contribution in [3.63, 3.8) is 0 Å². The monoisotopic (exact) mass is 386 g/mol. The van der Waals surface area contributed by atoms with Gasteiger partial charge in [0.1, 0.15) is 4.83 Å². The van der Waals surface area contributed by atoms with Crippen molar-refractivity contribution >= 4 is 21.6 Å². The lowest BCUT2D eigenvalue weighted by Gasteiger charge is -2.13. The van der Waals surface area contributed by atoms with Crippen molar-refractivity contribution in [3.8, 4) is 0 Å². The van der Waals surface area contributed by atoms with Crippen molar-refractivity contribution in [2.75, 3.05) is 0 Å². The molecule has 0 unspecified atom stereocenters. The van der Waals surface area contributed by atoms with Gasteiger partial charge in [0.2, 0.25) is 0 Å². The van der Waals surface area contributed by atoms with Crippen LogP contribution >= 0.6 is 11.3 Å². The second kappa shape index (κ2) is 6.48. The fraction of sp³-hybridized carbons (Fsp3) is 0.550. The van der Waals surface area contributed by atoms with E-state index in [1.807, 2.05) is 25.3 Å². The number of aryl methyl sites for hydroxylation is 3. The van der Waals surface area contributed by atoms with Crippen molar-refractivity contribution < 1.29 is 0 Å². The van der Waals surface area contributed by atoms with E-state index in [0.29, 0.717) is 12.5 Å². The first-order valence-corrected chi connectivity index (χ1v) is 10.4. The Morgan fingerprint density at radius 1 is 1.22 bits per heavy atom. The van der Waals surface area contributed by atoms with Gasteiger partial charge in [-0.2, -0.15) is 5.10 Å². The van der Waals surface area contributed by atoms with Gasteiger partial charge < -0.3 is 0 Å². The predicted octanol–water partition coefficient (Wildman–Crippen LogP) is 3.45. The van der Waals surface area contributed by atoms with Gasteiger partial charge in [-0.25, -0.2) is 4.79 Å². The maximum atomic E-state index is 13.2. The van der Waals surface area contributed by atoms with Crippen LogP contribution in [0, 0.1) is 26.7 Å². The molecule has 6 nitrogen and oxygen atoms in total. The van der Waals surface area contributed by atoms with E-state index in [1.54, 1.807) is 11.3 Å². The Hall–Kier alpha value is -2.15. The number of hydrogen-bond donors (Lipinski definition) is 1. The van der Waals surface area contributed by atoms with E-state index in [4.69, 9.17) is 0 Å². The second-order valence-electron chi connectivity index (χ2n) is 8.11. The highest BCUT2D eigenvalue weighted by Gasteiger charge is 2.30. The summed E-state index contributed by atoms with van der Waals surface area (Å²) in [5.74, 6) is 0.334. The van der Waals surface area contributed by atoms with Gasteiger partial charge in [-0.1, -0.05) is 13.8 Å². The number of thiophene rings is 1. The molecule has 1 fully saturated rings. The summed E-state index contributed by atoms with van der Waals surface area (Å²) < 4.78 is 3.33. The highest BCUT2D eigenvalue weighted by atomic mass is 32.1. The molecule has 3 aromatic heterocycles. The van der Waals surface area contributed by atoms with Crippen LogP contribution in [0.5, 0.6) is 0 Å². The van der Waals surface area contributed by atoms with Crippen molar-refractivity contribution in [1.82, 2.24) is 19.3 Å². The number of H-pyrrole nitrogens is 1. The SMILES string of the molecule is Cc1n[nH]c(C)c1Cc1sc2c(c1C)c(=O)n(C1CC1)c(=O)n2CC(C)C. The van der Waals surface area contributed by atoms with Gasteiger partial charge in [-0.05, 0) is 45.1 Å². The zero-order chi connectivity index (χ0) is 19.5. The minimum absolute atomic E-state index is 0.0777. The molecule has 0 spiro atoms. The smallest absolute Gasteiger partial charge is 0.284 e. The molecular weight excluding hydrogens is 360 g/mol. The lowest BCUT2D eigenvalue weighted by Crippen LogP contribution is -2.40. The first kappa shape index (κ1) is 18.2. The maximum Gasteiger partial charge on any atom is 0.332 e. The Kier molecular flexibility index (Phi) is 4.37. The molecule has 1 saturated carbocycles. The van der Waals surface area contributed by atoms with Crippen LogP contribution in [-0.2, 0) is 13.0 Å². The van der Waals surface area contributed by atoms with Gasteiger partial charge in [0.15, 0.2) is 0 Å². The van der Waals surface area contributed by atoms with Gasteiger partial charge in [0, 0.05) is 35.1 Å². The van der Waals surface area contributed by atoms with E-state index in [1.165, 1.54) is 10.1 Å². The molecule has 1 N–H and O–H groups in total. The van der Waals surface area contributed by atoms with Crippen LogP contribution < -0.4 is 11.2 Å². The van der Waals surface area contributed by atoms with Crippen LogP contribution in [0.1, 0.15) is 60.1 Å². The summed E-state index contributed by atoms with van der Waals surface area (Å²) in [6, 6.07) is 0.0777. The number of fused-ring (bicyclic) bond motifs is 1. The van der Waals surface area contributed by atoms with Gasteiger partial charge >= 0.3 is 5.69 Å². The van der Waals surface area contributed by atoms with Gasteiger partial charge in [-0.15, -0.1) is 11.3 Å². The summed E-state index contributed by atoms with van der Waals surface area (Å²) in [6.07, 6.45) is 2.58. The third kappa shape index (κ3) is 2.98. The zero-order valence-corrected chi connectivity index (χ0v) is 17.4. The molecule has 3 aromatic rings. The Morgan fingerprint density at radius 2 is 1.93 bits per heavy atom. The molecule has 0 atom stereocenters. The van der Waals surface area contributed by atoms with Crippen LogP contribution in [0.2, 0.25) is 0 Å². The third-order valence-electron chi connectivity index (χ3n) is 5.42. The number of hydrogen-bond acceptors (Lipinski definition) is 4. The summed E-state index contributed by atoms with van der Waals surface area (Å²) in [4.78, 5) is 28.2. The van der Waals surface area contributed by atoms with Crippen LogP contribution in [0.25, 0.3) is 10.2 Å². The van der Waals surface area contributed by atoms with E-state index >= 15 is 0 Å². The van der Waals surface area contributed by atoms with Crippen molar-refractivity contribution in [1.29, 1.82) is 0 Å². The average molecular weight is 387 g/mol. The van der Waals surface area contributed by atoms with E-state index < -0.39 is 0 Å². The molecule has 0 radical (unpaired) electrons. The standard InChI is InChI=1S/C20H26N4O2S/c1-10(2)9-23-19-17(18(25)24(20(23)26)14-6-7-14)11(3)16(27-19)8-15-12(4)21-22-13(15)5/h10,14H,6-9H2,1-5H3,(H,21,22).